The summed E-state index contributed by atoms with van der Waals surface area (Å²) in [6, 6.07) is 9.54. The largest absolute Gasteiger partial charge is 0.322 e. The number of hydrogen-bond donors (Lipinski definition) is 1. The monoisotopic (exact) mass is 277 g/mol. The van der Waals surface area contributed by atoms with Crippen LogP contribution >= 0.6 is 11.6 Å². The molecule has 0 bridgehead atoms. The molecule has 2 nitrogen and oxygen atoms in total. The summed E-state index contributed by atoms with van der Waals surface area (Å²) < 4.78 is 13.0. The van der Waals surface area contributed by atoms with Crippen LogP contribution in [0.2, 0.25) is 5.02 Å². The number of anilines is 1. The van der Waals surface area contributed by atoms with Gasteiger partial charge in [0.15, 0.2) is 0 Å². The minimum atomic E-state index is -0.508. The summed E-state index contributed by atoms with van der Waals surface area (Å²) in [4.78, 5) is 12.0. The Bertz CT molecular complexity index is 640. The van der Waals surface area contributed by atoms with E-state index in [0.717, 1.165) is 11.1 Å². The Hall–Kier alpha value is -1.87. The topological polar surface area (TPSA) is 29.1 Å². The van der Waals surface area contributed by atoms with Crippen molar-refractivity contribution in [2.24, 2.45) is 0 Å². The number of aryl methyl sites for hydroxylation is 2. The molecule has 0 unspecified atom stereocenters. The maximum atomic E-state index is 13.0. The average molecular weight is 278 g/mol. The van der Waals surface area contributed by atoms with Crippen molar-refractivity contribution in [3.05, 3.63) is 63.9 Å². The normalized spacial score (nSPS) is 10.3. The summed E-state index contributed by atoms with van der Waals surface area (Å²) in [5.74, 6) is -0.753. The fraction of sp³-hybridized carbons (Fsp3) is 0.133. The van der Waals surface area contributed by atoms with Crippen LogP contribution in [0.1, 0.15) is 21.5 Å². The lowest BCUT2D eigenvalue weighted by Gasteiger charge is -2.07. The Kier molecular flexibility index (Phi) is 3.86. The molecule has 19 heavy (non-hydrogen) atoms. The van der Waals surface area contributed by atoms with Gasteiger partial charge >= 0.3 is 0 Å². The molecular formula is C15H13ClFNO. The second-order valence-corrected chi connectivity index (χ2v) is 4.79. The molecule has 0 saturated carbocycles. The maximum Gasteiger partial charge on any atom is 0.255 e. The lowest BCUT2D eigenvalue weighted by atomic mass is 10.1. The summed E-state index contributed by atoms with van der Waals surface area (Å²) in [6.07, 6.45) is 0. The van der Waals surface area contributed by atoms with Crippen LogP contribution in [-0.2, 0) is 0 Å². The molecule has 0 spiro atoms. The molecular weight excluding hydrogens is 265 g/mol. The van der Waals surface area contributed by atoms with Crippen LogP contribution in [0.4, 0.5) is 10.1 Å². The van der Waals surface area contributed by atoms with Crippen molar-refractivity contribution in [1.82, 2.24) is 0 Å². The van der Waals surface area contributed by atoms with Gasteiger partial charge in [0.2, 0.25) is 0 Å². The first-order chi connectivity index (χ1) is 8.97. The van der Waals surface area contributed by atoms with Crippen molar-refractivity contribution in [3.63, 3.8) is 0 Å². The molecule has 0 fully saturated rings. The number of amides is 1. The molecule has 1 N–H and O–H groups in total. The number of carbonyl (C=O) groups is 1. The molecule has 0 heterocycles. The van der Waals surface area contributed by atoms with Crippen LogP contribution in [0.3, 0.4) is 0 Å². The molecule has 1 amide bonds. The van der Waals surface area contributed by atoms with Crippen molar-refractivity contribution in [1.29, 1.82) is 0 Å². The summed E-state index contributed by atoms with van der Waals surface area (Å²) in [5, 5.41) is 2.67. The van der Waals surface area contributed by atoms with E-state index in [0.29, 0.717) is 11.3 Å². The third-order valence-electron chi connectivity index (χ3n) is 2.95. The van der Waals surface area contributed by atoms with Gasteiger partial charge in [-0.15, -0.1) is 0 Å². The van der Waals surface area contributed by atoms with Gasteiger partial charge < -0.3 is 5.32 Å². The molecule has 2 rings (SSSR count). The number of rotatable bonds is 2. The van der Waals surface area contributed by atoms with E-state index in [1.165, 1.54) is 18.2 Å². The zero-order chi connectivity index (χ0) is 14.0. The third-order valence-corrected chi connectivity index (χ3v) is 3.24. The number of halogens is 2. The highest BCUT2D eigenvalue weighted by Gasteiger charge is 2.08. The Labute approximate surface area is 116 Å². The second kappa shape index (κ2) is 5.41. The molecule has 0 aliphatic rings. The highest BCUT2D eigenvalue weighted by molar-refractivity contribution is 6.31. The van der Waals surface area contributed by atoms with E-state index in [1.807, 2.05) is 26.0 Å². The lowest BCUT2D eigenvalue weighted by molar-refractivity contribution is 0.102. The van der Waals surface area contributed by atoms with Gasteiger partial charge in [0.05, 0.1) is 5.02 Å². The third kappa shape index (κ3) is 3.12. The minimum absolute atomic E-state index is 0.0158. The van der Waals surface area contributed by atoms with Crippen molar-refractivity contribution >= 4 is 23.2 Å². The highest BCUT2D eigenvalue weighted by Crippen LogP contribution is 2.20. The average Bonchev–Trinajstić information content (AvgIpc) is 2.37. The van der Waals surface area contributed by atoms with E-state index in [9.17, 15) is 9.18 Å². The van der Waals surface area contributed by atoms with Crippen molar-refractivity contribution in [2.75, 3.05) is 5.32 Å². The van der Waals surface area contributed by atoms with Gasteiger partial charge in [0, 0.05) is 11.3 Å². The lowest BCUT2D eigenvalue weighted by Crippen LogP contribution is -2.12. The van der Waals surface area contributed by atoms with Gasteiger partial charge in [-0.1, -0.05) is 17.7 Å². The fourth-order valence-electron chi connectivity index (χ4n) is 1.66. The molecule has 2 aromatic carbocycles. The standard InChI is InChI=1S/C15H13ClFNO/c1-9-3-4-11(7-10(9)2)15(19)18-12-5-6-14(17)13(16)8-12/h3-8H,1-2H3,(H,18,19). The van der Waals surface area contributed by atoms with Crippen LogP contribution in [0.25, 0.3) is 0 Å². The van der Waals surface area contributed by atoms with Crippen molar-refractivity contribution in [2.45, 2.75) is 13.8 Å². The molecule has 98 valence electrons. The molecule has 2 aromatic rings. The number of carbonyl (C=O) groups excluding carboxylic acids is 1. The van der Waals surface area contributed by atoms with Crippen LogP contribution in [0.5, 0.6) is 0 Å². The molecule has 0 aliphatic heterocycles. The van der Waals surface area contributed by atoms with Gasteiger partial charge in [-0.2, -0.15) is 0 Å². The van der Waals surface area contributed by atoms with Gasteiger partial charge in [-0.05, 0) is 55.3 Å². The first kappa shape index (κ1) is 13.6. The Morgan fingerprint density at radius 3 is 2.47 bits per heavy atom. The van der Waals surface area contributed by atoms with E-state index in [-0.39, 0.29) is 10.9 Å². The zero-order valence-corrected chi connectivity index (χ0v) is 11.4. The first-order valence-electron chi connectivity index (χ1n) is 5.81. The maximum absolute atomic E-state index is 13.0. The van der Waals surface area contributed by atoms with Crippen LogP contribution in [-0.4, -0.2) is 5.91 Å². The van der Waals surface area contributed by atoms with E-state index in [1.54, 1.807) is 6.07 Å². The molecule has 4 heteroatoms. The Morgan fingerprint density at radius 2 is 1.84 bits per heavy atom. The molecule has 0 aromatic heterocycles. The molecule has 0 atom stereocenters. The van der Waals surface area contributed by atoms with Gasteiger partial charge in [0.25, 0.3) is 5.91 Å². The smallest absolute Gasteiger partial charge is 0.255 e. The molecule has 0 radical (unpaired) electrons. The van der Waals surface area contributed by atoms with E-state index >= 15 is 0 Å². The fourth-order valence-corrected chi connectivity index (χ4v) is 1.84. The van der Waals surface area contributed by atoms with Crippen LogP contribution in [0.15, 0.2) is 36.4 Å². The zero-order valence-electron chi connectivity index (χ0n) is 10.6. The van der Waals surface area contributed by atoms with Gasteiger partial charge in [-0.25, -0.2) is 4.39 Å². The van der Waals surface area contributed by atoms with Gasteiger partial charge in [-0.3, -0.25) is 4.79 Å². The number of nitrogens with one attached hydrogen (secondary N) is 1. The summed E-state index contributed by atoms with van der Waals surface area (Å²) in [6.45, 7) is 3.93. The minimum Gasteiger partial charge on any atom is -0.322 e. The quantitative estimate of drug-likeness (QED) is 0.869. The summed E-state index contributed by atoms with van der Waals surface area (Å²) >= 11 is 5.66. The molecule has 0 aliphatic carbocycles. The predicted molar refractivity (Wildman–Crippen MR) is 75.3 cm³/mol. The van der Waals surface area contributed by atoms with E-state index in [2.05, 4.69) is 5.32 Å². The van der Waals surface area contributed by atoms with Crippen LogP contribution in [0, 0.1) is 19.7 Å². The van der Waals surface area contributed by atoms with E-state index in [4.69, 9.17) is 11.6 Å². The van der Waals surface area contributed by atoms with Crippen molar-refractivity contribution < 1.29 is 9.18 Å². The SMILES string of the molecule is Cc1ccc(C(=O)Nc2ccc(F)c(Cl)c2)cc1C. The van der Waals surface area contributed by atoms with Crippen molar-refractivity contribution in [3.8, 4) is 0 Å². The highest BCUT2D eigenvalue weighted by atomic mass is 35.5. The Morgan fingerprint density at radius 1 is 1.11 bits per heavy atom. The Balaban J connectivity index is 2.20. The van der Waals surface area contributed by atoms with E-state index < -0.39 is 5.82 Å². The number of hydrogen-bond acceptors (Lipinski definition) is 1. The number of benzene rings is 2. The van der Waals surface area contributed by atoms with Crippen LogP contribution < -0.4 is 5.32 Å². The second-order valence-electron chi connectivity index (χ2n) is 4.38. The van der Waals surface area contributed by atoms with Gasteiger partial charge in [0.1, 0.15) is 5.82 Å². The first-order valence-corrected chi connectivity index (χ1v) is 6.19. The molecule has 0 saturated heterocycles. The summed E-state index contributed by atoms with van der Waals surface area (Å²) in [5.41, 5.74) is 3.20. The summed E-state index contributed by atoms with van der Waals surface area (Å²) in [7, 11) is 0. The predicted octanol–water partition coefficient (Wildman–Crippen LogP) is 4.35.